The van der Waals surface area contributed by atoms with Crippen LogP contribution in [0.4, 0.5) is 10.1 Å². The van der Waals surface area contributed by atoms with E-state index in [0.29, 0.717) is 5.56 Å². The molecule has 0 saturated carbocycles. The molecule has 0 aromatic heterocycles. The van der Waals surface area contributed by atoms with Crippen LogP contribution in [0.5, 0.6) is 5.75 Å². The third-order valence-electron chi connectivity index (χ3n) is 2.90. The molecule has 0 fully saturated rings. The summed E-state index contributed by atoms with van der Waals surface area (Å²) < 4.78 is 18.8. The van der Waals surface area contributed by atoms with Crippen LogP contribution in [0.2, 0.25) is 0 Å². The standard InChI is InChI=1S/C15H12FNO4/c1-10(18)13-8-12(6-7-15(13)17(19)20)21-9-11-4-2-3-5-14(11)16/h2-8H,9H2,1H3. The molecule has 2 aromatic carbocycles. The summed E-state index contributed by atoms with van der Waals surface area (Å²) in [6, 6.07) is 10.0. The van der Waals surface area contributed by atoms with Crippen molar-refractivity contribution in [2.45, 2.75) is 13.5 Å². The van der Waals surface area contributed by atoms with Gasteiger partial charge in [-0.3, -0.25) is 14.9 Å². The van der Waals surface area contributed by atoms with Crippen LogP contribution in [-0.4, -0.2) is 10.7 Å². The Morgan fingerprint density at radius 1 is 1.29 bits per heavy atom. The lowest BCUT2D eigenvalue weighted by molar-refractivity contribution is -0.385. The Morgan fingerprint density at radius 2 is 2.00 bits per heavy atom. The average Bonchev–Trinajstić information content (AvgIpc) is 2.46. The quantitative estimate of drug-likeness (QED) is 0.480. The molecule has 6 heteroatoms. The summed E-state index contributed by atoms with van der Waals surface area (Å²) >= 11 is 0. The largest absolute Gasteiger partial charge is 0.489 e. The number of ketones is 1. The highest BCUT2D eigenvalue weighted by Crippen LogP contribution is 2.25. The Labute approximate surface area is 120 Å². The van der Waals surface area contributed by atoms with Crippen LogP contribution in [-0.2, 0) is 6.61 Å². The van der Waals surface area contributed by atoms with Gasteiger partial charge in [0, 0.05) is 11.6 Å². The first-order valence-corrected chi connectivity index (χ1v) is 6.14. The maximum Gasteiger partial charge on any atom is 0.280 e. The van der Waals surface area contributed by atoms with Crippen molar-refractivity contribution < 1.29 is 18.8 Å². The van der Waals surface area contributed by atoms with Gasteiger partial charge in [-0.15, -0.1) is 0 Å². The van der Waals surface area contributed by atoms with Gasteiger partial charge in [-0.05, 0) is 25.1 Å². The van der Waals surface area contributed by atoms with Crippen molar-refractivity contribution in [1.82, 2.24) is 0 Å². The average molecular weight is 289 g/mol. The van der Waals surface area contributed by atoms with Gasteiger partial charge in [0.25, 0.3) is 5.69 Å². The zero-order valence-electron chi connectivity index (χ0n) is 11.2. The van der Waals surface area contributed by atoms with E-state index in [4.69, 9.17) is 4.74 Å². The second-order valence-corrected chi connectivity index (χ2v) is 4.37. The number of nitrogens with zero attached hydrogens (tertiary/aromatic N) is 1. The first kappa shape index (κ1) is 14.6. The molecule has 0 N–H and O–H groups in total. The number of rotatable bonds is 5. The molecular formula is C15H12FNO4. The van der Waals surface area contributed by atoms with Crippen molar-refractivity contribution in [3.63, 3.8) is 0 Å². The summed E-state index contributed by atoms with van der Waals surface area (Å²) in [5.74, 6) is -0.557. The predicted octanol–water partition coefficient (Wildman–Crippen LogP) is 3.52. The zero-order chi connectivity index (χ0) is 15.4. The summed E-state index contributed by atoms with van der Waals surface area (Å²) in [5, 5.41) is 10.8. The molecule has 0 radical (unpaired) electrons. The Kier molecular flexibility index (Phi) is 4.27. The lowest BCUT2D eigenvalue weighted by Gasteiger charge is -2.08. The van der Waals surface area contributed by atoms with Crippen LogP contribution in [0, 0.1) is 15.9 Å². The molecule has 0 saturated heterocycles. The molecule has 0 spiro atoms. The van der Waals surface area contributed by atoms with Crippen molar-refractivity contribution >= 4 is 11.5 Å². The van der Waals surface area contributed by atoms with Gasteiger partial charge in [0.15, 0.2) is 5.78 Å². The number of carbonyl (C=O) groups is 1. The summed E-state index contributed by atoms with van der Waals surface area (Å²) in [6.07, 6.45) is 0. The summed E-state index contributed by atoms with van der Waals surface area (Å²) in [5.41, 5.74) is 0.0482. The van der Waals surface area contributed by atoms with Crippen LogP contribution < -0.4 is 4.74 Å². The van der Waals surface area contributed by atoms with Gasteiger partial charge in [-0.25, -0.2) is 4.39 Å². The zero-order valence-corrected chi connectivity index (χ0v) is 11.2. The van der Waals surface area contributed by atoms with Crippen molar-refractivity contribution in [3.8, 4) is 5.75 Å². The van der Waals surface area contributed by atoms with Crippen molar-refractivity contribution in [1.29, 1.82) is 0 Å². The number of hydrogen-bond donors (Lipinski definition) is 0. The molecule has 0 heterocycles. The first-order valence-electron chi connectivity index (χ1n) is 6.14. The highest BCUT2D eigenvalue weighted by atomic mass is 19.1. The smallest absolute Gasteiger partial charge is 0.280 e. The van der Waals surface area contributed by atoms with E-state index in [1.165, 1.54) is 31.2 Å². The summed E-state index contributed by atoms with van der Waals surface area (Å²) in [4.78, 5) is 21.6. The van der Waals surface area contributed by atoms with Crippen molar-refractivity contribution in [2.75, 3.05) is 0 Å². The van der Waals surface area contributed by atoms with E-state index in [-0.39, 0.29) is 23.6 Å². The Morgan fingerprint density at radius 3 is 2.62 bits per heavy atom. The van der Waals surface area contributed by atoms with E-state index >= 15 is 0 Å². The van der Waals surface area contributed by atoms with E-state index in [1.54, 1.807) is 18.2 Å². The van der Waals surface area contributed by atoms with Gasteiger partial charge in [0.05, 0.1) is 10.5 Å². The number of Topliss-reactive ketones (excluding diaryl/α,β-unsaturated/α-hetero) is 1. The summed E-state index contributed by atoms with van der Waals surface area (Å²) in [6.45, 7) is 1.21. The predicted molar refractivity (Wildman–Crippen MR) is 73.8 cm³/mol. The maximum absolute atomic E-state index is 13.4. The molecule has 21 heavy (non-hydrogen) atoms. The van der Waals surface area contributed by atoms with E-state index < -0.39 is 16.5 Å². The van der Waals surface area contributed by atoms with Gasteiger partial charge in [-0.1, -0.05) is 18.2 Å². The lowest BCUT2D eigenvalue weighted by atomic mass is 10.1. The number of carbonyl (C=O) groups excluding carboxylic acids is 1. The molecule has 108 valence electrons. The normalized spacial score (nSPS) is 10.2. The Hall–Kier alpha value is -2.76. The van der Waals surface area contributed by atoms with Gasteiger partial charge in [0.2, 0.25) is 0 Å². The lowest BCUT2D eigenvalue weighted by Crippen LogP contribution is -2.03. The molecule has 0 aliphatic carbocycles. The number of halogens is 1. The van der Waals surface area contributed by atoms with Gasteiger partial charge in [0.1, 0.15) is 18.2 Å². The van der Waals surface area contributed by atoms with Crippen LogP contribution in [0.1, 0.15) is 22.8 Å². The topological polar surface area (TPSA) is 69.4 Å². The molecule has 0 aliphatic rings. The minimum absolute atomic E-state index is 0.0260. The van der Waals surface area contributed by atoms with Crippen LogP contribution in [0.3, 0.4) is 0 Å². The molecule has 5 nitrogen and oxygen atoms in total. The SMILES string of the molecule is CC(=O)c1cc(OCc2ccccc2F)ccc1[N+](=O)[O-]. The van der Waals surface area contributed by atoms with Gasteiger partial charge >= 0.3 is 0 Å². The monoisotopic (exact) mass is 289 g/mol. The number of hydrogen-bond acceptors (Lipinski definition) is 4. The van der Waals surface area contributed by atoms with Gasteiger partial charge in [-0.2, -0.15) is 0 Å². The minimum Gasteiger partial charge on any atom is -0.489 e. The van der Waals surface area contributed by atoms with E-state index in [0.717, 1.165) is 0 Å². The van der Waals surface area contributed by atoms with Crippen LogP contribution >= 0.6 is 0 Å². The highest BCUT2D eigenvalue weighted by molar-refractivity contribution is 5.98. The Bertz CT molecular complexity index is 700. The molecule has 0 amide bonds. The number of ether oxygens (including phenoxy) is 1. The molecular weight excluding hydrogens is 277 g/mol. The fraction of sp³-hybridized carbons (Fsp3) is 0.133. The van der Waals surface area contributed by atoms with E-state index in [1.807, 2.05) is 0 Å². The van der Waals surface area contributed by atoms with Crippen molar-refractivity contribution in [2.24, 2.45) is 0 Å². The third-order valence-corrected chi connectivity index (χ3v) is 2.90. The van der Waals surface area contributed by atoms with Gasteiger partial charge < -0.3 is 4.74 Å². The van der Waals surface area contributed by atoms with E-state index in [2.05, 4.69) is 0 Å². The van der Waals surface area contributed by atoms with Crippen LogP contribution in [0.25, 0.3) is 0 Å². The molecule has 2 rings (SSSR count). The maximum atomic E-state index is 13.4. The van der Waals surface area contributed by atoms with E-state index in [9.17, 15) is 19.3 Å². The molecule has 0 aliphatic heterocycles. The second kappa shape index (κ2) is 6.13. The first-order chi connectivity index (χ1) is 9.99. The fourth-order valence-corrected chi connectivity index (χ4v) is 1.82. The Balaban J connectivity index is 2.22. The summed E-state index contributed by atoms with van der Waals surface area (Å²) in [7, 11) is 0. The molecule has 2 aromatic rings. The van der Waals surface area contributed by atoms with Crippen LogP contribution in [0.15, 0.2) is 42.5 Å². The molecule has 0 atom stereocenters. The number of benzene rings is 2. The number of nitro benzene ring substituents is 1. The van der Waals surface area contributed by atoms with Crippen molar-refractivity contribution in [3.05, 3.63) is 69.5 Å². The fourth-order valence-electron chi connectivity index (χ4n) is 1.82. The molecule has 0 bridgehead atoms. The number of nitro groups is 1. The molecule has 0 unspecified atom stereocenters. The minimum atomic E-state index is -0.628. The third kappa shape index (κ3) is 3.42. The second-order valence-electron chi connectivity index (χ2n) is 4.37. The highest BCUT2D eigenvalue weighted by Gasteiger charge is 2.18.